The number of ether oxygens (including phenoxy) is 3. The number of carbonyl (C=O) groups is 2. The molecule has 2 unspecified atom stereocenters. The van der Waals surface area contributed by atoms with Crippen LogP contribution < -0.4 is 14.2 Å². The molecule has 1 saturated heterocycles. The third-order valence-electron chi connectivity index (χ3n) is 6.93. The highest BCUT2D eigenvalue weighted by Crippen LogP contribution is 2.47. The van der Waals surface area contributed by atoms with E-state index < -0.39 is 12.1 Å². The van der Waals surface area contributed by atoms with Crippen molar-refractivity contribution in [2.75, 3.05) is 34.4 Å². The van der Waals surface area contributed by atoms with Gasteiger partial charge in [-0.25, -0.2) is 0 Å². The molecule has 2 aliphatic rings. The Labute approximate surface area is 204 Å². The summed E-state index contributed by atoms with van der Waals surface area (Å²) in [4.78, 5) is 34.3. The maximum atomic E-state index is 13.7. The number of fused-ring (bicyclic) bond motifs is 4. The molecule has 5 rings (SSSR count). The molecule has 184 valence electrons. The van der Waals surface area contributed by atoms with E-state index in [1.54, 1.807) is 31.1 Å². The van der Waals surface area contributed by atoms with Crippen LogP contribution in [0, 0.1) is 5.92 Å². The Bertz CT molecular complexity index is 1270. The maximum absolute atomic E-state index is 13.7. The smallest absolute Gasteiger partial charge is 0.246 e. The van der Waals surface area contributed by atoms with Gasteiger partial charge in [0.1, 0.15) is 6.04 Å². The molecule has 8 nitrogen and oxygen atoms in total. The van der Waals surface area contributed by atoms with Crippen molar-refractivity contribution in [3.63, 3.8) is 0 Å². The molecule has 2 amide bonds. The molecule has 0 spiro atoms. The molecule has 3 aromatic rings. The largest absolute Gasteiger partial charge is 0.493 e. The molecule has 3 heterocycles. The highest BCUT2D eigenvalue weighted by atomic mass is 16.5. The Balaban J connectivity index is 1.72. The molecule has 1 aromatic heterocycles. The Morgan fingerprint density at radius 2 is 1.71 bits per heavy atom. The SMILES string of the molecule is COc1cc(C2c3[nH]c4ccccc4c3CC3C(=O)N(CC(C)C)CC(=O)N32)cc(OC)c1OC. The van der Waals surface area contributed by atoms with E-state index in [1.165, 1.54) is 0 Å². The molecular weight excluding hydrogens is 446 g/mol. The van der Waals surface area contributed by atoms with E-state index in [0.717, 1.165) is 27.7 Å². The van der Waals surface area contributed by atoms with Crippen molar-refractivity contribution in [3.8, 4) is 17.2 Å². The number of carbonyl (C=O) groups excluding carboxylic acids is 2. The average Bonchev–Trinajstić information content (AvgIpc) is 3.23. The Morgan fingerprint density at radius 1 is 1.03 bits per heavy atom. The fourth-order valence-corrected chi connectivity index (χ4v) is 5.52. The van der Waals surface area contributed by atoms with Gasteiger partial charge in [0.2, 0.25) is 17.6 Å². The minimum absolute atomic E-state index is 0.00771. The first-order valence-electron chi connectivity index (χ1n) is 11.9. The minimum Gasteiger partial charge on any atom is -0.493 e. The third kappa shape index (κ3) is 3.68. The first kappa shape index (κ1) is 23.1. The molecule has 0 radical (unpaired) electrons. The predicted molar refractivity (Wildman–Crippen MR) is 132 cm³/mol. The molecule has 0 saturated carbocycles. The van der Waals surface area contributed by atoms with Crippen molar-refractivity contribution in [1.82, 2.24) is 14.8 Å². The van der Waals surface area contributed by atoms with Crippen LogP contribution in [0.15, 0.2) is 36.4 Å². The topological polar surface area (TPSA) is 84.1 Å². The molecule has 0 aliphatic carbocycles. The van der Waals surface area contributed by atoms with Crippen molar-refractivity contribution >= 4 is 22.7 Å². The second-order valence-electron chi connectivity index (χ2n) is 9.56. The number of aromatic nitrogens is 1. The van der Waals surface area contributed by atoms with Gasteiger partial charge < -0.3 is 29.0 Å². The fraction of sp³-hybridized carbons (Fsp3) is 0.407. The van der Waals surface area contributed by atoms with Gasteiger partial charge in [0, 0.05) is 29.6 Å². The quantitative estimate of drug-likeness (QED) is 0.587. The Kier molecular flexibility index (Phi) is 5.83. The normalized spacial score (nSPS) is 19.7. The van der Waals surface area contributed by atoms with Gasteiger partial charge in [0.15, 0.2) is 11.5 Å². The standard InChI is InChI=1S/C27H31N3O5/c1-15(2)13-29-14-23(31)30-20(27(29)32)12-18-17-8-6-7-9-19(17)28-24(18)25(30)16-10-21(33-3)26(35-5)22(11-16)34-4/h6-11,15,20,25,28H,12-14H2,1-5H3. The van der Waals surface area contributed by atoms with Crippen LogP contribution in [0.1, 0.15) is 36.7 Å². The van der Waals surface area contributed by atoms with Gasteiger partial charge in [-0.05, 0) is 35.2 Å². The number of piperazine rings is 1. The first-order valence-corrected chi connectivity index (χ1v) is 11.9. The van der Waals surface area contributed by atoms with E-state index in [1.807, 2.05) is 30.3 Å². The summed E-state index contributed by atoms with van der Waals surface area (Å²) in [7, 11) is 4.69. The summed E-state index contributed by atoms with van der Waals surface area (Å²) >= 11 is 0. The van der Waals surface area contributed by atoms with Crippen molar-refractivity contribution < 1.29 is 23.8 Å². The second-order valence-corrected chi connectivity index (χ2v) is 9.56. The number of hydrogen-bond donors (Lipinski definition) is 1. The van der Waals surface area contributed by atoms with E-state index in [-0.39, 0.29) is 24.3 Å². The van der Waals surface area contributed by atoms with Crippen LogP contribution >= 0.6 is 0 Å². The van der Waals surface area contributed by atoms with E-state index in [9.17, 15) is 9.59 Å². The zero-order valence-electron chi connectivity index (χ0n) is 20.8. The van der Waals surface area contributed by atoms with Crippen molar-refractivity contribution in [2.45, 2.75) is 32.4 Å². The van der Waals surface area contributed by atoms with Gasteiger partial charge in [0.25, 0.3) is 0 Å². The summed E-state index contributed by atoms with van der Waals surface area (Å²) < 4.78 is 16.7. The van der Waals surface area contributed by atoms with Crippen molar-refractivity contribution in [3.05, 3.63) is 53.2 Å². The summed E-state index contributed by atoms with van der Waals surface area (Å²) in [6.07, 6.45) is 0.472. The van der Waals surface area contributed by atoms with Crippen LogP contribution in [0.25, 0.3) is 10.9 Å². The van der Waals surface area contributed by atoms with Crippen LogP contribution in [0.5, 0.6) is 17.2 Å². The lowest BCUT2D eigenvalue weighted by atomic mass is 9.86. The lowest BCUT2D eigenvalue weighted by Gasteiger charge is -2.47. The van der Waals surface area contributed by atoms with Gasteiger partial charge in [-0.1, -0.05) is 32.0 Å². The lowest BCUT2D eigenvalue weighted by molar-refractivity contribution is -0.159. The molecular formula is C27H31N3O5. The molecule has 2 aromatic carbocycles. The summed E-state index contributed by atoms with van der Waals surface area (Å²) in [6.45, 7) is 4.75. The molecule has 2 aliphatic heterocycles. The molecule has 1 N–H and O–H groups in total. The lowest BCUT2D eigenvalue weighted by Crippen LogP contribution is -2.63. The Morgan fingerprint density at radius 3 is 2.34 bits per heavy atom. The maximum Gasteiger partial charge on any atom is 0.246 e. The van der Waals surface area contributed by atoms with Gasteiger partial charge in [-0.2, -0.15) is 0 Å². The fourth-order valence-electron chi connectivity index (χ4n) is 5.52. The number of methoxy groups -OCH3 is 3. The van der Waals surface area contributed by atoms with Gasteiger partial charge >= 0.3 is 0 Å². The summed E-state index contributed by atoms with van der Waals surface area (Å²) in [6, 6.07) is 10.7. The summed E-state index contributed by atoms with van der Waals surface area (Å²) in [5, 5.41) is 1.07. The number of hydrogen-bond acceptors (Lipinski definition) is 5. The van der Waals surface area contributed by atoms with E-state index in [0.29, 0.717) is 30.2 Å². The van der Waals surface area contributed by atoms with Gasteiger partial charge in [-0.3, -0.25) is 9.59 Å². The van der Waals surface area contributed by atoms with Gasteiger partial charge in [-0.15, -0.1) is 0 Å². The second kappa shape index (κ2) is 8.83. The Hall–Kier alpha value is -3.68. The zero-order chi connectivity index (χ0) is 24.9. The van der Waals surface area contributed by atoms with Crippen LogP contribution in [0.2, 0.25) is 0 Å². The predicted octanol–water partition coefficient (Wildman–Crippen LogP) is 3.53. The number of nitrogens with zero attached hydrogens (tertiary/aromatic N) is 2. The average molecular weight is 478 g/mol. The van der Waals surface area contributed by atoms with Crippen molar-refractivity contribution in [2.24, 2.45) is 5.92 Å². The number of H-pyrrole nitrogens is 1. The van der Waals surface area contributed by atoms with E-state index in [2.05, 4.69) is 24.9 Å². The molecule has 2 atom stereocenters. The van der Waals surface area contributed by atoms with Crippen molar-refractivity contribution in [1.29, 1.82) is 0 Å². The number of amides is 2. The summed E-state index contributed by atoms with van der Waals surface area (Å²) in [5.41, 5.74) is 3.74. The molecule has 8 heteroatoms. The molecule has 1 fully saturated rings. The number of para-hydroxylation sites is 1. The highest BCUT2D eigenvalue weighted by Gasteiger charge is 2.48. The molecule has 35 heavy (non-hydrogen) atoms. The monoisotopic (exact) mass is 477 g/mol. The van der Waals surface area contributed by atoms with Crippen LogP contribution in [0.3, 0.4) is 0 Å². The zero-order valence-corrected chi connectivity index (χ0v) is 20.8. The van der Waals surface area contributed by atoms with Crippen LogP contribution in [-0.4, -0.2) is 67.1 Å². The first-order chi connectivity index (χ1) is 16.9. The number of aromatic amines is 1. The third-order valence-corrected chi connectivity index (χ3v) is 6.93. The van der Waals surface area contributed by atoms with Gasteiger partial charge in [0.05, 0.1) is 33.9 Å². The number of benzene rings is 2. The van der Waals surface area contributed by atoms with E-state index >= 15 is 0 Å². The number of rotatable bonds is 6. The van der Waals surface area contributed by atoms with E-state index in [4.69, 9.17) is 14.2 Å². The van der Waals surface area contributed by atoms with Crippen LogP contribution in [-0.2, 0) is 16.0 Å². The highest BCUT2D eigenvalue weighted by molar-refractivity contribution is 5.97. The summed E-state index contributed by atoms with van der Waals surface area (Å²) in [5.74, 6) is 1.67. The minimum atomic E-state index is -0.578. The molecule has 0 bridgehead atoms. The van der Waals surface area contributed by atoms with Crippen LogP contribution in [0.4, 0.5) is 0 Å². The number of nitrogens with one attached hydrogen (secondary N) is 1.